The average Bonchev–Trinajstić information content (AvgIpc) is 2.05. The maximum atomic E-state index is 11.6. The third-order valence-corrected chi connectivity index (χ3v) is 2.98. The number of hydrogen-bond acceptors (Lipinski definition) is 2. The Kier molecular flexibility index (Phi) is 2.84. The molecule has 1 aromatic carbocycles. The van der Waals surface area contributed by atoms with Crippen LogP contribution < -0.4 is 10.6 Å². The third-order valence-electron chi connectivity index (χ3n) is 2.28. The van der Waals surface area contributed by atoms with Crippen LogP contribution in [0.4, 0.5) is 5.69 Å². The Labute approximate surface area is 91.0 Å². The third kappa shape index (κ3) is 1.96. The molecule has 0 spiro atoms. The fourth-order valence-corrected chi connectivity index (χ4v) is 1.66. The molecule has 14 heavy (non-hydrogen) atoms. The van der Waals surface area contributed by atoms with Gasteiger partial charge in [-0.3, -0.25) is 4.79 Å². The standard InChI is InChI=1S/C10H11BrN2O/c11-8-3-1-2-4-9(8)13-10(14)7-5-12-6-7/h1-4,7,12H,5-6H2,(H,13,14). The van der Waals surface area contributed by atoms with Crippen molar-refractivity contribution < 1.29 is 4.79 Å². The van der Waals surface area contributed by atoms with Crippen molar-refractivity contribution in [3.8, 4) is 0 Å². The van der Waals surface area contributed by atoms with E-state index >= 15 is 0 Å². The first-order valence-corrected chi connectivity index (χ1v) is 5.33. The molecule has 1 saturated heterocycles. The second-order valence-corrected chi connectivity index (χ2v) is 4.18. The van der Waals surface area contributed by atoms with Crippen molar-refractivity contribution in [3.05, 3.63) is 28.7 Å². The van der Waals surface area contributed by atoms with Crippen molar-refractivity contribution in [2.75, 3.05) is 18.4 Å². The van der Waals surface area contributed by atoms with E-state index in [4.69, 9.17) is 0 Å². The van der Waals surface area contributed by atoms with Crippen LogP contribution in [0.2, 0.25) is 0 Å². The molecule has 1 aromatic rings. The molecule has 1 heterocycles. The molecule has 1 aliphatic heterocycles. The highest BCUT2D eigenvalue weighted by Crippen LogP contribution is 2.22. The summed E-state index contributed by atoms with van der Waals surface area (Å²) < 4.78 is 0.917. The maximum absolute atomic E-state index is 11.6. The number of halogens is 1. The van der Waals surface area contributed by atoms with Crippen LogP contribution in [0, 0.1) is 5.92 Å². The molecule has 0 saturated carbocycles. The predicted octanol–water partition coefficient (Wildman–Crippen LogP) is 1.61. The Morgan fingerprint density at radius 2 is 2.14 bits per heavy atom. The van der Waals surface area contributed by atoms with Gasteiger partial charge in [0, 0.05) is 17.6 Å². The molecule has 0 aromatic heterocycles. The number of rotatable bonds is 2. The molecule has 1 aliphatic rings. The van der Waals surface area contributed by atoms with Gasteiger partial charge in [-0.15, -0.1) is 0 Å². The number of amides is 1. The number of hydrogen-bond donors (Lipinski definition) is 2. The van der Waals surface area contributed by atoms with Gasteiger partial charge in [0.15, 0.2) is 0 Å². The molecule has 0 unspecified atom stereocenters. The van der Waals surface area contributed by atoms with Crippen LogP contribution in [-0.4, -0.2) is 19.0 Å². The number of para-hydroxylation sites is 1. The topological polar surface area (TPSA) is 41.1 Å². The van der Waals surface area contributed by atoms with E-state index in [1.165, 1.54) is 0 Å². The zero-order chi connectivity index (χ0) is 9.97. The summed E-state index contributed by atoms with van der Waals surface area (Å²) in [6, 6.07) is 7.62. The van der Waals surface area contributed by atoms with Gasteiger partial charge >= 0.3 is 0 Å². The summed E-state index contributed by atoms with van der Waals surface area (Å²) in [6.45, 7) is 1.58. The smallest absolute Gasteiger partial charge is 0.230 e. The molecule has 0 bridgehead atoms. The first-order valence-electron chi connectivity index (χ1n) is 4.53. The molecule has 74 valence electrons. The highest BCUT2D eigenvalue weighted by Gasteiger charge is 2.24. The summed E-state index contributed by atoms with van der Waals surface area (Å²) in [7, 11) is 0. The summed E-state index contributed by atoms with van der Waals surface area (Å²) >= 11 is 3.38. The van der Waals surface area contributed by atoms with Crippen molar-refractivity contribution in [1.82, 2.24) is 5.32 Å². The summed E-state index contributed by atoms with van der Waals surface area (Å²) in [6.07, 6.45) is 0. The Morgan fingerprint density at radius 1 is 1.43 bits per heavy atom. The lowest BCUT2D eigenvalue weighted by atomic mass is 10.0. The molecule has 2 N–H and O–H groups in total. The zero-order valence-electron chi connectivity index (χ0n) is 7.59. The first kappa shape index (κ1) is 9.68. The van der Waals surface area contributed by atoms with E-state index < -0.39 is 0 Å². The van der Waals surface area contributed by atoms with Gasteiger partial charge in [0.05, 0.1) is 11.6 Å². The van der Waals surface area contributed by atoms with E-state index in [1.54, 1.807) is 0 Å². The van der Waals surface area contributed by atoms with Crippen molar-refractivity contribution in [2.24, 2.45) is 5.92 Å². The van der Waals surface area contributed by atoms with Crippen molar-refractivity contribution >= 4 is 27.5 Å². The number of carbonyl (C=O) groups excluding carboxylic acids is 1. The fraction of sp³-hybridized carbons (Fsp3) is 0.300. The van der Waals surface area contributed by atoms with Gasteiger partial charge in [0.25, 0.3) is 0 Å². The van der Waals surface area contributed by atoms with E-state index in [9.17, 15) is 4.79 Å². The minimum Gasteiger partial charge on any atom is -0.325 e. The van der Waals surface area contributed by atoms with Crippen LogP contribution >= 0.6 is 15.9 Å². The Bertz CT molecular complexity index is 350. The molecule has 0 radical (unpaired) electrons. The molecule has 0 aliphatic carbocycles. The molecular weight excluding hydrogens is 244 g/mol. The SMILES string of the molecule is O=C(Nc1ccccc1Br)C1CNC1. The van der Waals surface area contributed by atoms with E-state index in [0.717, 1.165) is 23.2 Å². The van der Waals surface area contributed by atoms with Crippen LogP contribution in [0.25, 0.3) is 0 Å². The highest BCUT2D eigenvalue weighted by molar-refractivity contribution is 9.10. The molecule has 1 amide bonds. The van der Waals surface area contributed by atoms with E-state index in [-0.39, 0.29) is 11.8 Å². The average molecular weight is 255 g/mol. The van der Waals surface area contributed by atoms with Gasteiger partial charge in [0.1, 0.15) is 0 Å². The predicted molar refractivity (Wildman–Crippen MR) is 59.1 cm³/mol. The lowest BCUT2D eigenvalue weighted by molar-refractivity contribution is -0.121. The Morgan fingerprint density at radius 3 is 2.71 bits per heavy atom. The van der Waals surface area contributed by atoms with Gasteiger partial charge in [0.2, 0.25) is 5.91 Å². The monoisotopic (exact) mass is 254 g/mol. The van der Waals surface area contributed by atoms with Gasteiger partial charge in [-0.05, 0) is 28.1 Å². The number of carbonyl (C=O) groups is 1. The number of benzene rings is 1. The van der Waals surface area contributed by atoms with Crippen molar-refractivity contribution in [1.29, 1.82) is 0 Å². The highest BCUT2D eigenvalue weighted by atomic mass is 79.9. The van der Waals surface area contributed by atoms with Crippen LogP contribution in [0.3, 0.4) is 0 Å². The number of nitrogens with one attached hydrogen (secondary N) is 2. The normalized spacial score (nSPS) is 16.1. The Hall–Kier alpha value is -0.870. The summed E-state index contributed by atoms with van der Waals surface area (Å²) in [5.41, 5.74) is 0.837. The largest absolute Gasteiger partial charge is 0.325 e. The molecule has 1 fully saturated rings. The minimum absolute atomic E-state index is 0.0932. The molecule has 4 heteroatoms. The van der Waals surface area contributed by atoms with Gasteiger partial charge < -0.3 is 10.6 Å². The van der Waals surface area contributed by atoms with Crippen LogP contribution in [0.15, 0.2) is 28.7 Å². The van der Waals surface area contributed by atoms with Gasteiger partial charge in [-0.1, -0.05) is 12.1 Å². The summed E-state index contributed by atoms with van der Waals surface area (Å²) in [5.74, 6) is 0.220. The van der Waals surface area contributed by atoms with Gasteiger partial charge in [-0.2, -0.15) is 0 Å². The van der Waals surface area contributed by atoms with Crippen LogP contribution in [0.5, 0.6) is 0 Å². The van der Waals surface area contributed by atoms with Crippen LogP contribution in [-0.2, 0) is 4.79 Å². The minimum atomic E-state index is 0.0932. The Balaban J connectivity index is 2.03. The molecule has 2 rings (SSSR count). The van der Waals surface area contributed by atoms with Crippen molar-refractivity contribution in [2.45, 2.75) is 0 Å². The maximum Gasteiger partial charge on any atom is 0.230 e. The number of anilines is 1. The van der Waals surface area contributed by atoms with Gasteiger partial charge in [-0.25, -0.2) is 0 Å². The molecule has 0 atom stereocenters. The van der Waals surface area contributed by atoms with E-state index in [0.29, 0.717) is 0 Å². The summed E-state index contributed by atoms with van der Waals surface area (Å²) in [4.78, 5) is 11.6. The second-order valence-electron chi connectivity index (χ2n) is 3.32. The lowest BCUT2D eigenvalue weighted by Crippen LogP contribution is -2.48. The fourth-order valence-electron chi connectivity index (χ4n) is 1.27. The summed E-state index contributed by atoms with van der Waals surface area (Å²) in [5, 5.41) is 5.96. The lowest BCUT2D eigenvalue weighted by Gasteiger charge is -2.25. The first-order chi connectivity index (χ1) is 6.77. The second kappa shape index (κ2) is 4.11. The van der Waals surface area contributed by atoms with E-state index in [1.807, 2.05) is 24.3 Å². The van der Waals surface area contributed by atoms with Crippen molar-refractivity contribution in [3.63, 3.8) is 0 Å². The molecule has 3 nitrogen and oxygen atoms in total. The van der Waals surface area contributed by atoms with E-state index in [2.05, 4.69) is 26.6 Å². The zero-order valence-corrected chi connectivity index (χ0v) is 9.17. The quantitative estimate of drug-likeness (QED) is 0.842. The van der Waals surface area contributed by atoms with Crippen LogP contribution in [0.1, 0.15) is 0 Å². The molecular formula is C10H11BrN2O.